The van der Waals surface area contributed by atoms with Crippen molar-refractivity contribution in [3.63, 3.8) is 0 Å². The number of piperidine rings is 1. The molecular formula is C15H21NO2S. The first-order valence-corrected chi connectivity index (χ1v) is 7.75. The van der Waals surface area contributed by atoms with Crippen LogP contribution < -0.4 is 5.32 Å². The topological polar surface area (TPSA) is 46.2 Å². The van der Waals surface area contributed by atoms with Gasteiger partial charge in [0.05, 0.1) is 0 Å². The summed E-state index contributed by atoms with van der Waals surface area (Å²) in [6, 6.07) is 4.21. The van der Waals surface area contributed by atoms with E-state index in [9.17, 15) is 9.59 Å². The highest BCUT2D eigenvalue weighted by atomic mass is 32.1. The lowest BCUT2D eigenvalue weighted by molar-refractivity contribution is -0.137. The molecule has 3 nitrogen and oxygen atoms in total. The van der Waals surface area contributed by atoms with Crippen molar-refractivity contribution in [1.29, 1.82) is 0 Å². The normalized spacial score (nSPS) is 23.8. The molecule has 1 aliphatic rings. The van der Waals surface area contributed by atoms with Crippen molar-refractivity contribution in [2.45, 2.75) is 46.0 Å². The first-order chi connectivity index (χ1) is 9.01. The summed E-state index contributed by atoms with van der Waals surface area (Å²) in [4.78, 5) is 26.2. The number of hydrogen-bond donors (Lipinski definition) is 1. The quantitative estimate of drug-likeness (QED) is 0.861. The number of carbonyl (C=O) groups is 2. The summed E-state index contributed by atoms with van der Waals surface area (Å²) in [6.07, 6.45) is 2.28. The van der Waals surface area contributed by atoms with E-state index in [1.807, 2.05) is 0 Å². The van der Waals surface area contributed by atoms with Crippen LogP contribution in [-0.2, 0) is 16.0 Å². The van der Waals surface area contributed by atoms with Crippen molar-refractivity contribution >= 4 is 23.2 Å². The van der Waals surface area contributed by atoms with Crippen molar-refractivity contribution in [2.75, 3.05) is 0 Å². The minimum absolute atomic E-state index is 0.0638. The van der Waals surface area contributed by atoms with E-state index in [1.165, 1.54) is 9.75 Å². The Morgan fingerprint density at radius 1 is 1.37 bits per heavy atom. The van der Waals surface area contributed by atoms with Crippen LogP contribution in [0.4, 0.5) is 0 Å². The van der Waals surface area contributed by atoms with E-state index in [1.54, 1.807) is 11.3 Å². The van der Waals surface area contributed by atoms with Crippen LogP contribution >= 0.6 is 11.3 Å². The highest BCUT2D eigenvalue weighted by Crippen LogP contribution is 2.38. The third-order valence-electron chi connectivity index (χ3n) is 3.61. The SMILES string of the molecule is CCc1ccc(C2CC(=O)NC(=O)C2CC(C)C)s1. The maximum atomic E-state index is 12.1. The molecule has 1 aromatic heterocycles. The van der Waals surface area contributed by atoms with Gasteiger partial charge in [0.25, 0.3) is 0 Å². The number of imide groups is 1. The Kier molecular flexibility index (Phi) is 4.40. The molecule has 1 N–H and O–H groups in total. The van der Waals surface area contributed by atoms with E-state index >= 15 is 0 Å². The van der Waals surface area contributed by atoms with Crippen LogP contribution in [0, 0.1) is 11.8 Å². The number of carbonyl (C=O) groups excluding carboxylic acids is 2. The molecule has 2 unspecified atom stereocenters. The average Bonchev–Trinajstić information content (AvgIpc) is 2.80. The number of nitrogens with one attached hydrogen (secondary N) is 1. The fourth-order valence-corrected chi connectivity index (χ4v) is 3.79. The summed E-state index contributed by atoms with van der Waals surface area (Å²) in [5.74, 6) is 0.218. The Morgan fingerprint density at radius 3 is 2.68 bits per heavy atom. The van der Waals surface area contributed by atoms with Crippen molar-refractivity contribution < 1.29 is 9.59 Å². The molecule has 0 bridgehead atoms. The lowest BCUT2D eigenvalue weighted by atomic mass is 9.79. The van der Waals surface area contributed by atoms with Gasteiger partial charge in [-0.2, -0.15) is 0 Å². The number of rotatable bonds is 4. The smallest absolute Gasteiger partial charge is 0.230 e. The van der Waals surface area contributed by atoms with Gasteiger partial charge in [-0.25, -0.2) is 0 Å². The zero-order valence-corrected chi connectivity index (χ0v) is 12.5. The summed E-state index contributed by atoms with van der Waals surface area (Å²) in [5, 5.41) is 2.48. The minimum atomic E-state index is -0.138. The summed E-state index contributed by atoms with van der Waals surface area (Å²) < 4.78 is 0. The molecule has 0 spiro atoms. The molecule has 2 heterocycles. The highest BCUT2D eigenvalue weighted by Gasteiger charge is 2.37. The van der Waals surface area contributed by atoms with Gasteiger partial charge in [0.2, 0.25) is 11.8 Å². The van der Waals surface area contributed by atoms with Crippen LogP contribution in [0.2, 0.25) is 0 Å². The van der Waals surface area contributed by atoms with Gasteiger partial charge in [-0.1, -0.05) is 20.8 Å². The van der Waals surface area contributed by atoms with Crippen molar-refractivity contribution in [1.82, 2.24) is 5.32 Å². The van der Waals surface area contributed by atoms with Crippen LogP contribution in [0.25, 0.3) is 0 Å². The largest absolute Gasteiger partial charge is 0.296 e. The van der Waals surface area contributed by atoms with E-state index in [0.717, 1.165) is 12.8 Å². The standard InChI is InChI=1S/C15H21NO2S/c1-4-10-5-6-13(19-10)11-8-14(17)16-15(18)12(11)7-9(2)3/h5-6,9,11-12H,4,7-8H2,1-3H3,(H,16,17,18). The minimum Gasteiger partial charge on any atom is -0.296 e. The maximum absolute atomic E-state index is 12.1. The fourth-order valence-electron chi connectivity index (χ4n) is 2.67. The number of hydrogen-bond acceptors (Lipinski definition) is 3. The molecule has 2 amide bonds. The van der Waals surface area contributed by atoms with Crippen molar-refractivity contribution in [3.05, 3.63) is 21.9 Å². The van der Waals surface area contributed by atoms with Crippen molar-refractivity contribution in [2.24, 2.45) is 11.8 Å². The summed E-state index contributed by atoms with van der Waals surface area (Å²) >= 11 is 1.74. The maximum Gasteiger partial charge on any atom is 0.230 e. The van der Waals surface area contributed by atoms with Gasteiger partial charge in [-0.05, 0) is 30.9 Å². The van der Waals surface area contributed by atoms with Crippen molar-refractivity contribution in [3.8, 4) is 0 Å². The second kappa shape index (κ2) is 5.87. The molecule has 2 rings (SSSR count). The molecule has 1 aliphatic heterocycles. The molecule has 2 atom stereocenters. The summed E-state index contributed by atoms with van der Waals surface area (Å²) in [6.45, 7) is 6.36. The van der Waals surface area contributed by atoms with E-state index in [4.69, 9.17) is 0 Å². The molecule has 0 saturated carbocycles. The molecule has 1 saturated heterocycles. The first kappa shape index (κ1) is 14.3. The third kappa shape index (κ3) is 3.24. The van der Waals surface area contributed by atoms with Gasteiger partial charge < -0.3 is 0 Å². The zero-order valence-electron chi connectivity index (χ0n) is 11.7. The zero-order chi connectivity index (χ0) is 14.0. The Balaban J connectivity index is 2.26. The second-order valence-corrected chi connectivity index (χ2v) is 6.82. The monoisotopic (exact) mass is 279 g/mol. The molecule has 19 heavy (non-hydrogen) atoms. The lowest BCUT2D eigenvalue weighted by Crippen LogP contribution is -2.45. The highest BCUT2D eigenvalue weighted by molar-refractivity contribution is 7.12. The predicted molar refractivity (Wildman–Crippen MR) is 77.1 cm³/mol. The van der Waals surface area contributed by atoms with Gasteiger partial charge in [0, 0.05) is 28.0 Å². The molecule has 104 valence electrons. The molecule has 0 aliphatic carbocycles. The van der Waals surface area contributed by atoms with Crippen LogP contribution in [0.5, 0.6) is 0 Å². The van der Waals surface area contributed by atoms with Gasteiger partial charge in [-0.15, -0.1) is 11.3 Å². The summed E-state index contributed by atoms with van der Waals surface area (Å²) in [7, 11) is 0. The molecule has 1 fully saturated rings. The lowest BCUT2D eigenvalue weighted by Gasteiger charge is -2.30. The molecule has 4 heteroatoms. The Morgan fingerprint density at radius 2 is 2.11 bits per heavy atom. The van der Waals surface area contributed by atoms with Crippen LogP contribution in [0.1, 0.15) is 49.3 Å². The molecule has 0 radical (unpaired) electrons. The summed E-state index contributed by atoms with van der Waals surface area (Å²) in [5.41, 5.74) is 0. The average molecular weight is 279 g/mol. The Bertz CT molecular complexity index is 478. The number of aryl methyl sites for hydroxylation is 1. The molecule has 0 aromatic carbocycles. The Hall–Kier alpha value is -1.16. The molecule has 1 aromatic rings. The van der Waals surface area contributed by atoms with Gasteiger partial charge in [0.1, 0.15) is 0 Å². The first-order valence-electron chi connectivity index (χ1n) is 6.93. The van der Waals surface area contributed by atoms with E-state index < -0.39 is 0 Å². The number of thiophene rings is 1. The fraction of sp³-hybridized carbons (Fsp3) is 0.600. The van der Waals surface area contributed by atoms with E-state index in [0.29, 0.717) is 12.3 Å². The van der Waals surface area contributed by atoms with Gasteiger partial charge in [-0.3, -0.25) is 14.9 Å². The number of amides is 2. The predicted octanol–water partition coefficient (Wildman–Crippen LogP) is 3.10. The molecular weight excluding hydrogens is 258 g/mol. The van der Waals surface area contributed by atoms with Gasteiger partial charge >= 0.3 is 0 Å². The van der Waals surface area contributed by atoms with Crippen LogP contribution in [0.3, 0.4) is 0 Å². The van der Waals surface area contributed by atoms with Crippen LogP contribution in [-0.4, -0.2) is 11.8 Å². The van der Waals surface area contributed by atoms with Crippen LogP contribution in [0.15, 0.2) is 12.1 Å². The second-order valence-electron chi connectivity index (χ2n) is 5.62. The Labute approximate surface area is 118 Å². The van der Waals surface area contributed by atoms with E-state index in [-0.39, 0.29) is 23.7 Å². The third-order valence-corrected chi connectivity index (χ3v) is 4.97. The van der Waals surface area contributed by atoms with E-state index in [2.05, 4.69) is 38.2 Å². The van der Waals surface area contributed by atoms with Gasteiger partial charge in [0.15, 0.2) is 0 Å².